The Hall–Kier alpha value is -1.34. The number of hydrogen-bond donors (Lipinski definition) is 3. The highest BCUT2D eigenvalue weighted by Gasteiger charge is 2.36. The smallest absolute Gasteiger partial charge is 0.317 e. The number of urea groups is 1. The fourth-order valence-electron chi connectivity index (χ4n) is 3.27. The number of carbonyl (C=O) groups excluding carboxylic acids is 1. The molecule has 0 aromatic heterocycles. The quantitative estimate of drug-likeness (QED) is 0.623. The molecule has 2 saturated carbocycles. The third-order valence-electron chi connectivity index (χ3n) is 4.60. The molecule has 0 aliphatic heterocycles. The van der Waals surface area contributed by atoms with Crippen LogP contribution in [-0.2, 0) is 9.53 Å². The zero-order valence-electron chi connectivity index (χ0n) is 14.2. The van der Waals surface area contributed by atoms with Crippen LogP contribution in [0.2, 0.25) is 0 Å². The van der Waals surface area contributed by atoms with Gasteiger partial charge in [0.15, 0.2) is 0 Å². The van der Waals surface area contributed by atoms with Crippen molar-refractivity contribution in [3.63, 3.8) is 0 Å². The van der Waals surface area contributed by atoms with Crippen LogP contribution in [0.5, 0.6) is 0 Å². The monoisotopic (exact) mass is 327 g/mol. The van der Waals surface area contributed by atoms with Gasteiger partial charge in [0.05, 0.1) is 18.8 Å². The van der Waals surface area contributed by atoms with E-state index in [4.69, 9.17) is 9.84 Å². The topological polar surface area (TPSA) is 90.9 Å². The Kier molecular flexibility index (Phi) is 6.24. The van der Waals surface area contributed by atoms with E-state index in [1.807, 2.05) is 25.7 Å². The second kappa shape index (κ2) is 7.97. The lowest BCUT2D eigenvalue weighted by atomic mass is 9.85. The van der Waals surface area contributed by atoms with Crippen LogP contribution in [0, 0.1) is 0 Å². The highest BCUT2D eigenvalue weighted by molar-refractivity contribution is 5.75. The Labute approximate surface area is 137 Å². The molecule has 0 atom stereocenters. The molecule has 0 aromatic rings. The van der Waals surface area contributed by atoms with E-state index in [1.54, 1.807) is 0 Å². The van der Waals surface area contributed by atoms with E-state index < -0.39 is 5.97 Å². The Balaban J connectivity index is 1.59. The van der Waals surface area contributed by atoms with Crippen LogP contribution in [0.4, 0.5) is 4.79 Å². The molecular weight excluding hydrogens is 298 g/mol. The zero-order chi connectivity index (χ0) is 17.0. The van der Waals surface area contributed by atoms with E-state index in [-0.39, 0.29) is 42.9 Å². The van der Waals surface area contributed by atoms with Gasteiger partial charge in [0.25, 0.3) is 0 Å². The van der Waals surface area contributed by atoms with Crippen molar-refractivity contribution < 1.29 is 19.4 Å². The van der Waals surface area contributed by atoms with Gasteiger partial charge in [-0.2, -0.15) is 0 Å². The summed E-state index contributed by atoms with van der Waals surface area (Å²) in [5.74, 6) is -0.802. The Morgan fingerprint density at radius 2 is 1.74 bits per heavy atom. The number of carboxylic acids is 1. The second-order valence-corrected chi connectivity index (χ2v) is 6.87. The number of rotatable bonds is 8. The van der Waals surface area contributed by atoms with Gasteiger partial charge in [-0.15, -0.1) is 0 Å². The van der Waals surface area contributed by atoms with Gasteiger partial charge in [-0.3, -0.25) is 9.69 Å². The molecule has 2 fully saturated rings. The van der Waals surface area contributed by atoms with Crippen LogP contribution >= 0.6 is 0 Å². The highest BCUT2D eigenvalue weighted by Crippen LogP contribution is 2.26. The van der Waals surface area contributed by atoms with Gasteiger partial charge < -0.3 is 20.5 Å². The van der Waals surface area contributed by atoms with Crippen molar-refractivity contribution in [2.45, 2.75) is 76.8 Å². The highest BCUT2D eigenvalue weighted by atomic mass is 16.5. The molecule has 2 rings (SSSR count). The third kappa shape index (κ3) is 5.35. The average Bonchev–Trinajstić information content (AvgIpc) is 2.37. The summed E-state index contributed by atoms with van der Waals surface area (Å²) in [6, 6.07) is 0.482. The molecule has 0 unspecified atom stereocenters. The molecule has 0 radical (unpaired) electrons. The number of likely N-dealkylation sites (N-methyl/N-ethyl adjacent to an activating group) is 1. The summed E-state index contributed by atoms with van der Waals surface area (Å²) in [6.45, 7) is 6.78. The van der Waals surface area contributed by atoms with Gasteiger partial charge in [-0.25, -0.2) is 4.79 Å². The van der Waals surface area contributed by atoms with Gasteiger partial charge in [-0.1, -0.05) is 6.92 Å². The van der Waals surface area contributed by atoms with Gasteiger partial charge in [-0.05, 0) is 46.1 Å². The fraction of sp³-hybridized carbons (Fsp3) is 0.875. The SMILES string of the molecule is CCN(CC(=O)O)C1CC(NC(=O)NC2CC(OC(C)C)C2)C1. The van der Waals surface area contributed by atoms with E-state index >= 15 is 0 Å². The van der Waals surface area contributed by atoms with Crippen molar-refractivity contribution in [2.24, 2.45) is 0 Å². The van der Waals surface area contributed by atoms with Crippen LogP contribution in [-0.4, -0.2) is 65.4 Å². The molecule has 3 N–H and O–H groups in total. The molecule has 0 heterocycles. The summed E-state index contributed by atoms with van der Waals surface area (Å²) in [5, 5.41) is 14.8. The van der Waals surface area contributed by atoms with Crippen molar-refractivity contribution in [2.75, 3.05) is 13.1 Å². The fourth-order valence-corrected chi connectivity index (χ4v) is 3.27. The van der Waals surface area contributed by atoms with Crippen LogP contribution in [0.15, 0.2) is 0 Å². The first-order valence-electron chi connectivity index (χ1n) is 8.55. The average molecular weight is 327 g/mol. The predicted octanol–water partition coefficient (Wildman–Crippen LogP) is 1.18. The van der Waals surface area contributed by atoms with Gasteiger partial charge in [0.1, 0.15) is 0 Å². The maximum Gasteiger partial charge on any atom is 0.317 e. The molecular formula is C16H29N3O4. The molecule has 0 bridgehead atoms. The van der Waals surface area contributed by atoms with E-state index in [9.17, 15) is 9.59 Å². The minimum atomic E-state index is -0.802. The third-order valence-corrected chi connectivity index (χ3v) is 4.60. The number of carboxylic acid groups (broad SMARTS) is 1. The van der Waals surface area contributed by atoms with Crippen LogP contribution in [0.25, 0.3) is 0 Å². The van der Waals surface area contributed by atoms with Crippen LogP contribution in [0.3, 0.4) is 0 Å². The van der Waals surface area contributed by atoms with Gasteiger partial charge in [0, 0.05) is 18.1 Å². The lowest BCUT2D eigenvalue weighted by Crippen LogP contribution is -2.58. The van der Waals surface area contributed by atoms with Crippen LogP contribution in [0.1, 0.15) is 46.5 Å². The summed E-state index contributed by atoms with van der Waals surface area (Å²) < 4.78 is 5.67. The number of ether oxygens (including phenoxy) is 1. The summed E-state index contributed by atoms with van der Waals surface area (Å²) in [7, 11) is 0. The first-order chi connectivity index (χ1) is 10.9. The van der Waals surface area contributed by atoms with Crippen molar-refractivity contribution >= 4 is 12.0 Å². The molecule has 7 heteroatoms. The number of amides is 2. The molecule has 2 aliphatic rings. The van der Waals surface area contributed by atoms with Crippen molar-refractivity contribution in [3.8, 4) is 0 Å². The summed E-state index contributed by atoms with van der Waals surface area (Å²) in [5.41, 5.74) is 0. The van der Waals surface area contributed by atoms with E-state index in [0.717, 1.165) is 32.2 Å². The molecule has 0 aromatic carbocycles. The summed E-state index contributed by atoms with van der Waals surface area (Å²) in [4.78, 5) is 24.7. The maximum atomic E-state index is 11.9. The maximum absolute atomic E-state index is 11.9. The van der Waals surface area contributed by atoms with Crippen molar-refractivity contribution in [1.29, 1.82) is 0 Å². The van der Waals surface area contributed by atoms with E-state index in [0.29, 0.717) is 0 Å². The molecule has 0 spiro atoms. The van der Waals surface area contributed by atoms with Crippen molar-refractivity contribution in [3.05, 3.63) is 0 Å². The number of carbonyl (C=O) groups is 2. The van der Waals surface area contributed by atoms with E-state index in [2.05, 4.69) is 10.6 Å². The summed E-state index contributed by atoms with van der Waals surface area (Å²) >= 11 is 0. The van der Waals surface area contributed by atoms with Crippen LogP contribution < -0.4 is 10.6 Å². The van der Waals surface area contributed by atoms with Gasteiger partial charge in [0.2, 0.25) is 0 Å². The normalized spacial score (nSPS) is 29.8. The predicted molar refractivity (Wildman–Crippen MR) is 86.4 cm³/mol. The molecule has 0 saturated heterocycles. The van der Waals surface area contributed by atoms with Crippen molar-refractivity contribution in [1.82, 2.24) is 15.5 Å². The molecule has 2 aliphatic carbocycles. The minimum absolute atomic E-state index is 0.0688. The van der Waals surface area contributed by atoms with E-state index in [1.165, 1.54) is 0 Å². The lowest BCUT2D eigenvalue weighted by molar-refractivity contribution is -0.139. The molecule has 23 heavy (non-hydrogen) atoms. The first kappa shape index (κ1) is 18.0. The number of nitrogens with one attached hydrogen (secondary N) is 2. The Bertz CT molecular complexity index is 418. The number of nitrogens with zero attached hydrogens (tertiary/aromatic N) is 1. The number of aliphatic carboxylic acids is 1. The Morgan fingerprint density at radius 3 is 2.22 bits per heavy atom. The lowest BCUT2D eigenvalue weighted by Gasteiger charge is -2.43. The van der Waals surface area contributed by atoms with Gasteiger partial charge >= 0.3 is 12.0 Å². The zero-order valence-corrected chi connectivity index (χ0v) is 14.2. The summed E-state index contributed by atoms with van der Waals surface area (Å²) in [6.07, 6.45) is 3.88. The Morgan fingerprint density at radius 1 is 1.17 bits per heavy atom. The second-order valence-electron chi connectivity index (χ2n) is 6.87. The number of hydrogen-bond acceptors (Lipinski definition) is 4. The largest absolute Gasteiger partial charge is 0.480 e. The molecule has 132 valence electrons. The molecule has 2 amide bonds. The standard InChI is InChI=1S/C16H29N3O4/c1-4-19(9-15(20)21)13-5-11(6-13)17-16(22)18-12-7-14(8-12)23-10(2)3/h10-14H,4-9H2,1-3H3,(H,20,21)(H2,17,18,22). The minimum Gasteiger partial charge on any atom is -0.480 e. The first-order valence-corrected chi connectivity index (χ1v) is 8.55. The molecule has 7 nitrogen and oxygen atoms in total.